The Hall–Kier alpha value is -1.44. The van der Waals surface area contributed by atoms with E-state index in [2.05, 4.69) is 24.5 Å². The summed E-state index contributed by atoms with van der Waals surface area (Å²) < 4.78 is 27.2. The van der Waals surface area contributed by atoms with E-state index in [9.17, 15) is 13.2 Å². The van der Waals surface area contributed by atoms with E-state index in [-0.39, 0.29) is 17.9 Å². The number of carbonyl (C=O) groups is 1. The number of piperidine rings is 1. The van der Waals surface area contributed by atoms with E-state index in [1.165, 1.54) is 4.31 Å². The van der Waals surface area contributed by atoms with Crippen molar-refractivity contribution in [1.29, 1.82) is 0 Å². The van der Waals surface area contributed by atoms with Crippen molar-refractivity contribution in [3.05, 3.63) is 29.8 Å². The summed E-state index contributed by atoms with van der Waals surface area (Å²) in [6.45, 7) is 6.73. The highest BCUT2D eigenvalue weighted by Crippen LogP contribution is 2.25. The lowest BCUT2D eigenvalue weighted by molar-refractivity contribution is -0.126. The molecule has 0 bridgehead atoms. The van der Waals surface area contributed by atoms with Crippen LogP contribution in [0.25, 0.3) is 0 Å². The molecule has 0 spiro atoms. The fraction of sp³-hybridized carbons (Fsp3) is 0.632. The predicted molar refractivity (Wildman–Crippen MR) is 101 cm³/mol. The van der Waals surface area contributed by atoms with Gasteiger partial charge in [0.05, 0.1) is 4.90 Å². The molecule has 144 valence electrons. The number of benzene rings is 1. The molecule has 1 amide bonds. The predicted octanol–water partition coefficient (Wildman–Crippen LogP) is 1.69. The molecule has 26 heavy (non-hydrogen) atoms. The Bertz CT molecular complexity index is 717. The van der Waals surface area contributed by atoms with Crippen LogP contribution < -0.4 is 10.6 Å². The van der Waals surface area contributed by atoms with Crippen molar-refractivity contribution in [1.82, 2.24) is 14.9 Å². The topological polar surface area (TPSA) is 78.5 Å². The molecule has 0 aliphatic carbocycles. The molecule has 2 aliphatic heterocycles. The third kappa shape index (κ3) is 4.27. The van der Waals surface area contributed by atoms with E-state index in [0.29, 0.717) is 36.7 Å². The molecule has 2 saturated heterocycles. The molecule has 1 aromatic carbocycles. The molecule has 2 aliphatic rings. The summed E-state index contributed by atoms with van der Waals surface area (Å²) in [6, 6.07) is 7.36. The molecule has 2 heterocycles. The molecule has 7 heteroatoms. The molecule has 1 unspecified atom stereocenters. The molecule has 2 fully saturated rings. The fourth-order valence-corrected chi connectivity index (χ4v) is 5.10. The maximum absolute atomic E-state index is 12.8. The van der Waals surface area contributed by atoms with Gasteiger partial charge in [0.2, 0.25) is 15.9 Å². The monoisotopic (exact) mass is 379 g/mol. The zero-order valence-electron chi connectivity index (χ0n) is 15.6. The molecule has 1 aromatic rings. The van der Waals surface area contributed by atoms with Crippen molar-refractivity contribution in [3.63, 3.8) is 0 Å². The molecule has 0 saturated carbocycles. The molecular formula is C19H29N3O3S. The summed E-state index contributed by atoms with van der Waals surface area (Å²) in [7, 11) is -3.48. The summed E-state index contributed by atoms with van der Waals surface area (Å²) in [6.07, 6.45) is 2.12. The number of carbonyl (C=O) groups excluding carboxylic acids is 1. The van der Waals surface area contributed by atoms with Crippen LogP contribution in [-0.4, -0.2) is 50.9 Å². The van der Waals surface area contributed by atoms with Gasteiger partial charge in [0, 0.05) is 31.6 Å². The van der Waals surface area contributed by atoms with Crippen LogP contribution in [0.5, 0.6) is 0 Å². The minimum atomic E-state index is -3.48. The normalized spacial score (nSPS) is 22.7. The number of sulfonamides is 1. The van der Waals surface area contributed by atoms with Gasteiger partial charge in [-0.1, -0.05) is 26.0 Å². The first-order valence-corrected chi connectivity index (χ1v) is 10.9. The number of nitrogens with zero attached hydrogens (tertiary/aromatic N) is 1. The Balaban J connectivity index is 1.58. The Kier molecular flexibility index (Phi) is 5.99. The lowest BCUT2D eigenvalue weighted by atomic mass is 9.97. The third-order valence-corrected chi connectivity index (χ3v) is 7.33. The van der Waals surface area contributed by atoms with Gasteiger partial charge in [-0.3, -0.25) is 4.79 Å². The second-order valence-corrected chi connectivity index (χ2v) is 9.54. The zero-order chi connectivity index (χ0) is 18.7. The molecule has 6 nitrogen and oxygen atoms in total. The maximum atomic E-state index is 12.8. The average Bonchev–Trinajstić information content (AvgIpc) is 3.15. The first-order chi connectivity index (χ1) is 12.4. The van der Waals surface area contributed by atoms with Gasteiger partial charge in [-0.25, -0.2) is 8.42 Å². The van der Waals surface area contributed by atoms with Gasteiger partial charge < -0.3 is 10.6 Å². The van der Waals surface area contributed by atoms with Crippen LogP contribution in [0.3, 0.4) is 0 Å². The molecule has 0 aromatic heterocycles. The molecule has 0 radical (unpaired) electrons. The highest BCUT2D eigenvalue weighted by atomic mass is 32.2. The van der Waals surface area contributed by atoms with Crippen LogP contribution in [0.2, 0.25) is 0 Å². The Morgan fingerprint density at radius 3 is 2.35 bits per heavy atom. The second-order valence-electron chi connectivity index (χ2n) is 7.60. The Morgan fingerprint density at radius 1 is 1.15 bits per heavy atom. The fourth-order valence-electron chi connectivity index (χ4n) is 3.63. The third-order valence-electron chi connectivity index (χ3n) is 5.42. The lowest BCUT2D eigenvalue weighted by Gasteiger charge is -2.31. The summed E-state index contributed by atoms with van der Waals surface area (Å²) in [5, 5.41) is 6.32. The highest BCUT2D eigenvalue weighted by Gasteiger charge is 2.33. The van der Waals surface area contributed by atoms with E-state index in [1.807, 2.05) is 12.1 Å². The van der Waals surface area contributed by atoms with Crippen LogP contribution >= 0.6 is 0 Å². The Morgan fingerprint density at radius 2 is 1.81 bits per heavy atom. The first kappa shape index (κ1) is 19.3. The quantitative estimate of drug-likeness (QED) is 0.816. The van der Waals surface area contributed by atoms with Crippen LogP contribution in [0.1, 0.15) is 44.6 Å². The average molecular weight is 380 g/mol. The van der Waals surface area contributed by atoms with Gasteiger partial charge in [-0.05, 0) is 49.4 Å². The number of rotatable bonds is 5. The van der Waals surface area contributed by atoms with E-state index in [4.69, 9.17) is 0 Å². The van der Waals surface area contributed by atoms with Crippen LogP contribution in [-0.2, 0) is 14.8 Å². The smallest absolute Gasteiger partial charge is 0.243 e. The van der Waals surface area contributed by atoms with Gasteiger partial charge in [0.25, 0.3) is 0 Å². The van der Waals surface area contributed by atoms with Crippen LogP contribution in [0.4, 0.5) is 0 Å². The molecule has 3 rings (SSSR count). The summed E-state index contributed by atoms with van der Waals surface area (Å²) in [4.78, 5) is 12.7. The van der Waals surface area contributed by atoms with E-state index in [1.54, 1.807) is 12.1 Å². The van der Waals surface area contributed by atoms with Gasteiger partial charge in [0.1, 0.15) is 0 Å². The SMILES string of the molecule is CC(C)c1ccc(S(=O)(=O)N2CCC(C(=O)NC3CCNC3)CC2)cc1. The Labute approximate surface area is 156 Å². The van der Waals surface area contributed by atoms with Gasteiger partial charge in [-0.2, -0.15) is 4.31 Å². The summed E-state index contributed by atoms with van der Waals surface area (Å²) in [5.41, 5.74) is 1.13. The van der Waals surface area contributed by atoms with Crippen molar-refractivity contribution in [3.8, 4) is 0 Å². The number of hydrogen-bond acceptors (Lipinski definition) is 4. The van der Waals surface area contributed by atoms with E-state index < -0.39 is 10.0 Å². The number of hydrogen-bond donors (Lipinski definition) is 2. The standard InChI is InChI=1S/C19H29N3O3S/c1-14(2)15-3-5-18(6-4-15)26(24,25)22-11-8-16(9-12-22)19(23)21-17-7-10-20-13-17/h3-6,14,16-17,20H,7-13H2,1-2H3,(H,21,23). The van der Waals surface area contributed by atoms with Crippen LogP contribution in [0.15, 0.2) is 29.2 Å². The van der Waals surface area contributed by atoms with E-state index >= 15 is 0 Å². The van der Waals surface area contributed by atoms with E-state index in [0.717, 1.165) is 25.1 Å². The van der Waals surface area contributed by atoms with Gasteiger partial charge in [0.15, 0.2) is 0 Å². The van der Waals surface area contributed by atoms with Crippen molar-refractivity contribution in [2.45, 2.75) is 50.0 Å². The number of nitrogens with one attached hydrogen (secondary N) is 2. The maximum Gasteiger partial charge on any atom is 0.243 e. The minimum absolute atomic E-state index is 0.0667. The van der Waals surface area contributed by atoms with Crippen LogP contribution in [0, 0.1) is 5.92 Å². The molecule has 2 N–H and O–H groups in total. The lowest BCUT2D eigenvalue weighted by Crippen LogP contribution is -2.45. The van der Waals surface area contributed by atoms with Gasteiger partial charge in [-0.15, -0.1) is 0 Å². The van der Waals surface area contributed by atoms with Gasteiger partial charge >= 0.3 is 0 Å². The molecule has 1 atom stereocenters. The van der Waals surface area contributed by atoms with Crippen molar-refractivity contribution < 1.29 is 13.2 Å². The minimum Gasteiger partial charge on any atom is -0.352 e. The summed E-state index contributed by atoms with van der Waals surface area (Å²) in [5.74, 6) is 0.346. The van der Waals surface area contributed by atoms with Crippen molar-refractivity contribution in [2.24, 2.45) is 5.92 Å². The summed E-state index contributed by atoms with van der Waals surface area (Å²) >= 11 is 0. The molecular weight excluding hydrogens is 350 g/mol. The largest absolute Gasteiger partial charge is 0.352 e. The highest BCUT2D eigenvalue weighted by molar-refractivity contribution is 7.89. The van der Waals surface area contributed by atoms with Crippen molar-refractivity contribution in [2.75, 3.05) is 26.2 Å². The van der Waals surface area contributed by atoms with Crippen molar-refractivity contribution >= 4 is 15.9 Å². The number of amides is 1. The second kappa shape index (κ2) is 8.06. The first-order valence-electron chi connectivity index (χ1n) is 9.49. The zero-order valence-corrected chi connectivity index (χ0v) is 16.4.